The van der Waals surface area contributed by atoms with Crippen LogP contribution in [0.1, 0.15) is 37.3 Å². The van der Waals surface area contributed by atoms with Gasteiger partial charge in [-0.25, -0.2) is 0 Å². The molecule has 2 nitrogen and oxygen atoms in total. The standard InChI is InChI=1S/C16H26N2/c1-16(2,12-17)10-13-5-4-6-14(9-13)15-7-8-18(3)11-15/h4-6,9,15H,7-8,10-12,17H2,1-3H3. The van der Waals surface area contributed by atoms with Crippen LogP contribution in [0.3, 0.4) is 0 Å². The molecule has 0 saturated carbocycles. The lowest BCUT2D eigenvalue weighted by Gasteiger charge is -2.23. The quantitative estimate of drug-likeness (QED) is 0.885. The van der Waals surface area contributed by atoms with Crippen LogP contribution in [0.4, 0.5) is 0 Å². The molecule has 18 heavy (non-hydrogen) atoms. The molecule has 0 spiro atoms. The molecule has 1 heterocycles. The number of likely N-dealkylation sites (tertiary alicyclic amines) is 1. The maximum Gasteiger partial charge on any atom is 0.00477 e. The molecule has 0 aliphatic carbocycles. The zero-order valence-electron chi connectivity index (χ0n) is 11.9. The van der Waals surface area contributed by atoms with E-state index in [1.807, 2.05) is 0 Å². The minimum atomic E-state index is 0.199. The topological polar surface area (TPSA) is 29.3 Å². The minimum Gasteiger partial charge on any atom is -0.330 e. The van der Waals surface area contributed by atoms with Crippen molar-refractivity contribution in [2.75, 3.05) is 26.7 Å². The van der Waals surface area contributed by atoms with E-state index in [2.05, 4.69) is 50.1 Å². The third-order valence-corrected chi connectivity index (χ3v) is 4.05. The first-order valence-electron chi connectivity index (χ1n) is 6.98. The third kappa shape index (κ3) is 3.33. The van der Waals surface area contributed by atoms with E-state index in [1.165, 1.54) is 30.6 Å². The summed E-state index contributed by atoms with van der Waals surface area (Å²) in [6.07, 6.45) is 2.36. The van der Waals surface area contributed by atoms with Gasteiger partial charge in [-0.15, -0.1) is 0 Å². The Hall–Kier alpha value is -0.860. The summed E-state index contributed by atoms with van der Waals surface area (Å²) in [6, 6.07) is 9.11. The van der Waals surface area contributed by atoms with Gasteiger partial charge in [-0.3, -0.25) is 0 Å². The molecule has 1 unspecified atom stereocenters. The summed E-state index contributed by atoms with van der Waals surface area (Å²) in [4.78, 5) is 2.42. The predicted molar refractivity (Wildman–Crippen MR) is 77.8 cm³/mol. The van der Waals surface area contributed by atoms with E-state index in [1.54, 1.807) is 0 Å². The Labute approximate surface area is 111 Å². The van der Waals surface area contributed by atoms with Gasteiger partial charge >= 0.3 is 0 Å². The van der Waals surface area contributed by atoms with Crippen molar-refractivity contribution in [3.8, 4) is 0 Å². The van der Waals surface area contributed by atoms with Crippen molar-refractivity contribution in [2.45, 2.75) is 32.6 Å². The van der Waals surface area contributed by atoms with E-state index in [9.17, 15) is 0 Å². The van der Waals surface area contributed by atoms with Crippen LogP contribution in [0.15, 0.2) is 24.3 Å². The van der Waals surface area contributed by atoms with Crippen molar-refractivity contribution < 1.29 is 0 Å². The molecule has 1 aliphatic heterocycles. The highest BCUT2D eigenvalue weighted by molar-refractivity contribution is 5.28. The Morgan fingerprint density at radius 2 is 2.17 bits per heavy atom. The number of likely N-dealkylation sites (N-methyl/N-ethyl adjacent to an activating group) is 1. The second-order valence-electron chi connectivity index (χ2n) is 6.54. The molecule has 0 radical (unpaired) electrons. The van der Waals surface area contributed by atoms with Crippen molar-refractivity contribution in [1.29, 1.82) is 0 Å². The van der Waals surface area contributed by atoms with Crippen LogP contribution in [-0.4, -0.2) is 31.6 Å². The molecule has 1 saturated heterocycles. The van der Waals surface area contributed by atoms with Gasteiger partial charge in [-0.1, -0.05) is 38.1 Å². The fourth-order valence-electron chi connectivity index (χ4n) is 2.79. The Morgan fingerprint density at radius 3 is 2.78 bits per heavy atom. The number of hydrogen-bond acceptors (Lipinski definition) is 2. The summed E-state index contributed by atoms with van der Waals surface area (Å²) < 4.78 is 0. The number of hydrogen-bond donors (Lipinski definition) is 1. The fraction of sp³-hybridized carbons (Fsp3) is 0.625. The number of nitrogens with zero attached hydrogens (tertiary/aromatic N) is 1. The molecule has 2 rings (SSSR count). The molecule has 100 valence electrons. The van der Waals surface area contributed by atoms with Gasteiger partial charge < -0.3 is 10.6 Å². The summed E-state index contributed by atoms with van der Waals surface area (Å²) in [6.45, 7) is 7.64. The van der Waals surface area contributed by atoms with Crippen LogP contribution in [-0.2, 0) is 6.42 Å². The van der Waals surface area contributed by atoms with Gasteiger partial charge in [0.05, 0.1) is 0 Å². The molecule has 0 amide bonds. The average molecular weight is 246 g/mol. The zero-order chi connectivity index (χ0) is 13.2. The zero-order valence-corrected chi connectivity index (χ0v) is 11.9. The molecular weight excluding hydrogens is 220 g/mol. The summed E-state index contributed by atoms with van der Waals surface area (Å²) >= 11 is 0. The fourth-order valence-corrected chi connectivity index (χ4v) is 2.79. The van der Waals surface area contributed by atoms with Gasteiger partial charge in [-0.05, 0) is 55.4 Å². The molecule has 1 aromatic carbocycles. The highest BCUT2D eigenvalue weighted by atomic mass is 15.1. The Kier molecular flexibility index (Phi) is 4.08. The van der Waals surface area contributed by atoms with Gasteiger partial charge in [0, 0.05) is 6.54 Å². The number of rotatable bonds is 4. The van der Waals surface area contributed by atoms with E-state index in [4.69, 9.17) is 5.73 Å². The monoisotopic (exact) mass is 246 g/mol. The second kappa shape index (κ2) is 5.41. The molecular formula is C16H26N2. The Morgan fingerprint density at radius 1 is 1.39 bits per heavy atom. The number of benzene rings is 1. The first kappa shape index (κ1) is 13.6. The third-order valence-electron chi connectivity index (χ3n) is 4.05. The first-order valence-corrected chi connectivity index (χ1v) is 6.98. The molecule has 1 aliphatic rings. The minimum absolute atomic E-state index is 0.199. The summed E-state index contributed by atoms with van der Waals surface area (Å²) in [5.74, 6) is 0.718. The second-order valence-corrected chi connectivity index (χ2v) is 6.54. The van der Waals surface area contributed by atoms with Gasteiger partial charge in [0.25, 0.3) is 0 Å². The Bertz CT molecular complexity index is 398. The van der Waals surface area contributed by atoms with Gasteiger partial charge in [0.2, 0.25) is 0 Å². The van der Waals surface area contributed by atoms with E-state index >= 15 is 0 Å². The molecule has 2 heteroatoms. The van der Waals surface area contributed by atoms with Crippen LogP contribution in [0.5, 0.6) is 0 Å². The van der Waals surface area contributed by atoms with E-state index in [-0.39, 0.29) is 5.41 Å². The summed E-state index contributed by atoms with van der Waals surface area (Å²) in [7, 11) is 2.21. The predicted octanol–water partition coefficient (Wildman–Crippen LogP) is 2.63. The Balaban J connectivity index is 2.10. The van der Waals surface area contributed by atoms with Gasteiger partial charge in [-0.2, -0.15) is 0 Å². The lowest BCUT2D eigenvalue weighted by molar-refractivity contribution is 0.376. The van der Waals surface area contributed by atoms with E-state index < -0.39 is 0 Å². The molecule has 1 fully saturated rings. The van der Waals surface area contributed by atoms with Gasteiger partial charge in [0.15, 0.2) is 0 Å². The van der Waals surface area contributed by atoms with Crippen molar-refractivity contribution in [2.24, 2.45) is 11.1 Å². The molecule has 0 aromatic heterocycles. The maximum absolute atomic E-state index is 5.83. The van der Waals surface area contributed by atoms with Crippen molar-refractivity contribution >= 4 is 0 Å². The smallest absolute Gasteiger partial charge is 0.00477 e. The van der Waals surface area contributed by atoms with Gasteiger partial charge in [0.1, 0.15) is 0 Å². The van der Waals surface area contributed by atoms with Crippen LogP contribution in [0.2, 0.25) is 0 Å². The SMILES string of the molecule is CN1CCC(c2cccc(CC(C)(C)CN)c2)C1. The van der Waals surface area contributed by atoms with Crippen LogP contribution >= 0.6 is 0 Å². The van der Waals surface area contributed by atoms with E-state index in [0.717, 1.165) is 18.9 Å². The highest BCUT2D eigenvalue weighted by Crippen LogP contribution is 2.28. The summed E-state index contributed by atoms with van der Waals surface area (Å²) in [5, 5.41) is 0. The van der Waals surface area contributed by atoms with Crippen molar-refractivity contribution in [3.05, 3.63) is 35.4 Å². The number of nitrogens with two attached hydrogens (primary N) is 1. The highest BCUT2D eigenvalue weighted by Gasteiger charge is 2.22. The molecule has 1 aromatic rings. The normalized spacial score (nSPS) is 21.4. The average Bonchev–Trinajstić information content (AvgIpc) is 2.76. The van der Waals surface area contributed by atoms with Crippen LogP contribution in [0, 0.1) is 5.41 Å². The molecule has 2 N–H and O–H groups in total. The lowest BCUT2D eigenvalue weighted by Crippen LogP contribution is -2.25. The largest absolute Gasteiger partial charge is 0.330 e. The summed E-state index contributed by atoms with van der Waals surface area (Å²) in [5.41, 5.74) is 8.96. The maximum atomic E-state index is 5.83. The van der Waals surface area contributed by atoms with Crippen LogP contribution in [0.25, 0.3) is 0 Å². The van der Waals surface area contributed by atoms with Crippen molar-refractivity contribution in [3.63, 3.8) is 0 Å². The molecule has 0 bridgehead atoms. The molecule has 1 atom stereocenters. The van der Waals surface area contributed by atoms with Crippen molar-refractivity contribution in [1.82, 2.24) is 4.90 Å². The first-order chi connectivity index (χ1) is 8.50. The van der Waals surface area contributed by atoms with E-state index in [0.29, 0.717) is 0 Å². The lowest BCUT2D eigenvalue weighted by atomic mass is 9.84. The van der Waals surface area contributed by atoms with Crippen LogP contribution < -0.4 is 5.73 Å².